The number of anilines is 3. The van der Waals surface area contributed by atoms with Crippen molar-refractivity contribution in [2.75, 3.05) is 18.1 Å². The predicted molar refractivity (Wildman–Crippen MR) is 137 cm³/mol. The molecule has 0 amide bonds. The van der Waals surface area contributed by atoms with Crippen LogP contribution >= 0.6 is 11.8 Å². The summed E-state index contributed by atoms with van der Waals surface area (Å²) in [6.07, 6.45) is 0. The molecule has 162 valence electrons. The SMILES string of the molecule is CC1(Cn2c3ccccc3c3cc(N4c5ccccc5Sc5ccccc54)ccc32)COC1. The summed E-state index contributed by atoms with van der Waals surface area (Å²) < 4.78 is 8.04. The topological polar surface area (TPSA) is 17.4 Å². The Kier molecular flexibility index (Phi) is 4.17. The molecule has 1 saturated heterocycles. The predicted octanol–water partition coefficient (Wildman–Crippen LogP) is 7.77. The number of rotatable bonds is 3. The molecule has 1 fully saturated rings. The molecule has 0 radical (unpaired) electrons. The number of benzene rings is 4. The molecule has 0 saturated carbocycles. The molecule has 5 aromatic rings. The molecule has 7 rings (SSSR count). The Morgan fingerprint density at radius 2 is 1.39 bits per heavy atom. The van der Waals surface area contributed by atoms with Crippen molar-refractivity contribution in [3.63, 3.8) is 0 Å². The number of ether oxygens (including phenoxy) is 1. The number of hydrogen-bond donors (Lipinski definition) is 0. The van der Waals surface area contributed by atoms with E-state index in [0.29, 0.717) is 0 Å². The third-order valence-corrected chi connectivity index (χ3v) is 8.02. The van der Waals surface area contributed by atoms with E-state index in [1.54, 1.807) is 0 Å². The molecule has 0 N–H and O–H groups in total. The van der Waals surface area contributed by atoms with E-state index in [2.05, 4.69) is 107 Å². The first-order valence-electron chi connectivity index (χ1n) is 11.5. The van der Waals surface area contributed by atoms with Gasteiger partial charge >= 0.3 is 0 Å². The molecule has 0 aliphatic carbocycles. The lowest BCUT2D eigenvalue weighted by molar-refractivity contribution is -0.109. The summed E-state index contributed by atoms with van der Waals surface area (Å²) in [6, 6.07) is 33.2. The highest BCUT2D eigenvalue weighted by atomic mass is 32.2. The molecular formula is C29H24N2OS. The lowest BCUT2D eigenvalue weighted by Gasteiger charge is -2.38. The van der Waals surface area contributed by atoms with Gasteiger partial charge in [0.25, 0.3) is 0 Å². The zero-order valence-electron chi connectivity index (χ0n) is 18.5. The molecule has 0 atom stereocenters. The van der Waals surface area contributed by atoms with E-state index in [1.165, 1.54) is 48.7 Å². The molecule has 33 heavy (non-hydrogen) atoms. The van der Waals surface area contributed by atoms with E-state index in [1.807, 2.05) is 11.8 Å². The number of fused-ring (bicyclic) bond motifs is 5. The van der Waals surface area contributed by atoms with Crippen LogP contribution < -0.4 is 4.90 Å². The first kappa shape index (κ1) is 19.3. The van der Waals surface area contributed by atoms with Gasteiger partial charge in [0.05, 0.1) is 24.6 Å². The van der Waals surface area contributed by atoms with Crippen LogP contribution in [-0.4, -0.2) is 17.8 Å². The zero-order valence-corrected chi connectivity index (χ0v) is 19.3. The fourth-order valence-corrected chi connectivity index (χ4v) is 6.32. The van der Waals surface area contributed by atoms with Gasteiger partial charge in [0, 0.05) is 49.2 Å². The van der Waals surface area contributed by atoms with Crippen LogP contribution in [0.3, 0.4) is 0 Å². The molecule has 2 aliphatic heterocycles. The normalized spacial score (nSPS) is 16.5. The van der Waals surface area contributed by atoms with Crippen LogP contribution in [0.4, 0.5) is 17.1 Å². The first-order chi connectivity index (χ1) is 16.2. The Morgan fingerprint density at radius 1 is 0.758 bits per heavy atom. The van der Waals surface area contributed by atoms with Gasteiger partial charge in [0.2, 0.25) is 0 Å². The van der Waals surface area contributed by atoms with Crippen LogP contribution in [0.25, 0.3) is 21.8 Å². The maximum Gasteiger partial charge on any atom is 0.0601 e. The minimum atomic E-state index is 0.204. The van der Waals surface area contributed by atoms with Gasteiger partial charge < -0.3 is 14.2 Å². The largest absolute Gasteiger partial charge is 0.380 e. The number of aromatic nitrogens is 1. The lowest BCUT2D eigenvalue weighted by atomic mass is 9.88. The van der Waals surface area contributed by atoms with E-state index in [9.17, 15) is 0 Å². The van der Waals surface area contributed by atoms with Crippen molar-refractivity contribution in [3.05, 3.63) is 91.0 Å². The second kappa shape index (κ2) is 7.14. The van der Waals surface area contributed by atoms with Crippen LogP contribution in [0, 0.1) is 5.41 Å². The number of hydrogen-bond acceptors (Lipinski definition) is 3. The van der Waals surface area contributed by atoms with Crippen molar-refractivity contribution >= 4 is 50.6 Å². The average molecular weight is 449 g/mol. The Bertz CT molecular complexity index is 1490. The summed E-state index contributed by atoms with van der Waals surface area (Å²) in [6.45, 7) is 4.96. The molecule has 0 spiro atoms. The highest BCUT2D eigenvalue weighted by Crippen LogP contribution is 2.51. The van der Waals surface area contributed by atoms with Gasteiger partial charge in [-0.25, -0.2) is 0 Å². The summed E-state index contributed by atoms with van der Waals surface area (Å²) in [5, 5.41) is 2.62. The van der Waals surface area contributed by atoms with Crippen LogP contribution in [0.5, 0.6) is 0 Å². The van der Waals surface area contributed by atoms with E-state index >= 15 is 0 Å². The van der Waals surface area contributed by atoms with Crippen LogP contribution in [0.1, 0.15) is 6.92 Å². The average Bonchev–Trinajstić information content (AvgIpc) is 3.14. The molecule has 0 unspecified atom stereocenters. The second-order valence-electron chi connectivity index (χ2n) is 9.48. The van der Waals surface area contributed by atoms with E-state index < -0.39 is 0 Å². The third-order valence-electron chi connectivity index (χ3n) is 6.89. The quantitative estimate of drug-likeness (QED) is 0.275. The molecule has 0 bridgehead atoms. The fourth-order valence-electron chi connectivity index (χ4n) is 5.26. The Balaban J connectivity index is 1.45. The van der Waals surface area contributed by atoms with Crippen molar-refractivity contribution in [1.82, 2.24) is 4.57 Å². The molecule has 4 aromatic carbocycles. The Morgan fingerprint density at radius 3 is 2.09 bits per heavy atom. The van der Waals surface area contributed by atoms with Crippen molar-refractivity contribution in [1.29, 1.82) is 0 Å². The third kappa shape index (κ3) is 2.94. The van der Waals surface area contributed by atoms with Crippen LogP contribution in [-0.2, 0) is 11.3 Å². The van der Waals surface area contributed by atoms with Crippen LogP contribution in [0.15, 0.2) is 101 Å². The van der Waals surface area contributed by atoms with Crippen molar-refractivity contribution in [2.24, 2.45) is 5.41 Å². The van der Waals surface area contributed by atoms with Gasteiger partial charge in [-0.05, 0) is 48.5 Å². The summed E-state index contributed by atoms with van der Waals surface area (Å²) in [4.78, 5) is 4.99. The summed E-state index contributed by atoms with van der Waals surface area (Å²) in [7, 11) is 0. The van der Waals surface area contributed by atoms with Crippen molar-refractivity contribution < 1.29 is 4.74 Å². The van der Waals surface area contributed by atoms with Gasteiger partial charge in [-0.1, -0.05) is 61.2 Å². The monoisotopic (exact) mass is 448 g/mol. The van der Waals surface area contributed by atoms with E-state index in [4.69, 9.17) is 4.74 Å². The minimum Gasteiger partial charge on any atom is -0.380 e. The number of nitrogens with zero attached hydrogens (tertiary/aromatic N) is 2. The van der Waals surface area contributed by atoms with Crippen molar-refractivity contribution in [3.8, 4) is 0 Å². The second-order valence-corrected chi connectivity index (χ2v) is 10.6. The smallest absolute Gasteiger partial charge is 0.0601 e. The molecule has 3 nitrogen and oxygen atoms in total. The molecule has 4 heteroatoms. The highest BCUT2D eigenvalue weighted by Gasteiger charge is 2.34. The van der Waals surface area contributed by atoms with Crippen molar-refractivity contribution in [2.45, 2.75) is 23.3 Å². The lowest BCUT2D eigenvalue weighted by Crippen LogP contribution is -2.43. The van der Waals surface area contributed by atoms with Gasteiger partial charge in [0.15, 0.2) is 0 Å². The summed E-state index contributed by atoms with van der Waals surface area (Å²) in [5.41, 5.74) is 6.47. The Hall–Kier alpha value is -3.21. The highest BCUT2D eigenvalue weighted by molar-refractivity contribution is 7.99. The maximum atomic E-state index is 5.55. The fraction of sp³-hybridized carbons (Fsp3) is 0.172. The van der Waals surface area contributed by atoms with Gasteiger partial charge in [0.1, 0.15) is 0 Å². The minimum absolute atomic E-state index is 0.204. The molecule has 3 heterocycles. The van der Waals surface area contributed by atoms with Gasteiger partial charge in [-0.3, -0.25) is 0 Å². The Labute approximate surface area is 197 Å². The zero-order chi connectivity index (χ0) is 22.0. The standard InChI is InChI=1S/C29H24N2OS/c1-29(18-32-19-29)17-30-23-9-3-2-8-21(23)22-16-20(14-15-24(22)30)31-25-10-4-6-12-27(25)33-28-13-7-5-11-26(28)31/h2-16H,17-19H2,1H3. The molecular weight excluding hydrogens is 424 g/mol. The van der Waals surface area contributed by atoms with Crippen LogP contribution in [0.2, 0.25) is 0 Å². The van der Waals surface area contributed by atoms with Gasteiger partial charge in [-0.2, -0.15) is 0 Å². The number of para-hydroxylation sites is 3. The molecule has 1 aromatic heterocycles. The molecule has 2 aliphatic rings. The van der Waals surface area contributed by atoms with E-state index in [0.717, 1.165) is 19.8 Å². The first-order valence-corrected chi connectivity index (χ1v) is 12.3. The summed E-state index contributed by atoms with van der Waals surface area (Å²) in [5.74, 6) is 0. The van der Waals surface area contributed by atoms with E-state index in [-0.39, 0.29) is 5.41 Å². The van der Waals surface area contributed by atoms with Gasteiger partial charge in [-0.15, -0.1) is 0 Å². The summed E-state index contributed by atoms with van der Waals surface area (Å²) >= 11 is 1.85. The maximum absolute atomic E-state index is 5.55.